The van der Waals surface area contributed by atoms with Crippen LogP contribution in [0.15, 0.2) is 79.0 Å². The lowest BCUT2D eigenvalue weighted by Crippen LogP contribution is -2.22. The van der Waals surface area contributed by atoms with Crippen molar-refractivity contribution in [1.29, 1.82) is 0 Å². The molecule has 2 heterocycles. The molecule has 0 saturated carbocycles. The molecule has 0 aliphatic carbocycles. The predicted octanol–water partition coefficient (Wildman–Crippen LogP) is 5.62. The second kappa shape index (κ2) is 11.2. The lowest BCUT2D eigenvalue weighted by atomic mass is 9.99. The molecule has 1 aliphatic rings. The van der Waals surface area contributed by atoms with Gasteiger partial charge in [0.2, 0.25) is 0 Å². The molecular weight excluding hydrogens is 496 g/mol. The third-order valence-corrected chi connectivity index (χ3v) is 6.46. The van der Waals surface area contributed by atoms with Gasteiger partial charge in [0, 0.05) is 16.9 Å². The fourth-order valence-electron chi connectivity index (χ4n) is 4.57. The summed E-state index contributed by atoms with van der Waals surface area (Å²) < 4.78 is 23.9. The van der Waals surface area contributed by atoms with Gasteiger partial charge in [-0.05, 0) is 73.2 Å². The first-order chi connectivity index (χ1) is 19.1. The van der Waals surface area contributed by atoms with Crippen molar-refractivity contribution in [3.63, 3.8) is 0 Å². The molecule has 0 radical (unpaired) electrons. The second-order valence-corrected chi connectivity index (χ2v) is 8.72. The molecule has 1 aromatic heterocycles. The van der Waals surface area contributed by atoms with Gasteiger partial charge in [-0.25, -0.2) is 4.68 Å². The smallest absolute Gasteiger partial charge is 0.261 e. The van der Waals surface area contributed by atoms with Crippen LogP contribution in [0.1, 0.15) is 34.5 Å². The van der Waals surface area contributed by atoms with Crippen LogP contribution < -0.4 is 29.6 Å². The standard InChI is InChI=1S/C30H30N4O5/c1-5-39-22-15-11-20(12-16-22)32-30(35)24-18-31-34-26(23-7-6-8-27(37-3)28(23)38-4)17-25(33-29(24)34)19-9-13-21(36-2)14-10-19/h6-18,26,33H,5H2,1-4H3,(H,32,35)/t26-/m0/s1. The zero-order valence-corrected chi connectivity index (χ0v) is 22.2. The van der Waals surface area contributed by atoms with Gasteiger partial charge in [0.05, 0.1) is 34.1 Å². The van der Waals surface area contributed by atoms with Crippen molar-refractivity contribution in [2.45, 2.75) is 13.0 Å². The maximum atomic E-state index is 13.4. The molecule has 0 saturated heterocycles. The molecule has 9 heteroatoms. The van der Waals surface area contributed by atoms with Crippen LogP contribution in [-0.4, -0.2) is 43.6 Å². The molecule has 3 aromatic carbocycles. The number of aromatic nitrogens is 2. The van der Waals surface area contributed by atoms with E-state index in [-0.39, 0.29) is 11.9 Å². The molecule has 1 aliphatic heterocycles. The van der Waals surface area contributed by atoms with E-state index in [4.69, 9.17) is 18.9 Å². The Kier molecular flexibility index (Phi) is 7.40. The van der Waals surface area contributed by atoms with E-state index >= 15 is 0 Å². The van der Waals surface area contributed by atoms with Gasteiger partial charge in [-0.2, -0.15) is 5.10 Å². The Bertz CT molecular complexity index is 1490. The van der Waals surface area contributed by atoms with E-state index in [0.29, 0.717) is 35.2 Å². The summed E-state index contributed by atoms with van der Waals surface area (Å²) in [6.07, 6.45) is 3.62. The average Bonchev–Trinajstić information content (AvgIpc) is 3.41. The zero-order valence-electron chi connectivity index (χ0n) is 22.2. The summed E-state index contributed by atoms with van der Waals surface area (Å²) >= 11 is 0. The number of anilines is 2. The fraction of sp³-hybridized carbons (Fsp3) is 0.200. The van der Waals surface area contributed by atoms with Crippen LogP contribution in [0.4, 0.5) is 11.5 Å². The normalized spacial score (nSPS) is 13.9. The van der Waals surface area contributed by atoms with Gasteiger partial charge in [0.1, 0.15) is 28.9 Å². The van der Waals surface area contributed by atoms with E-state index in [0.717, 1.165) is 28.3 Å². The third kappa shape index (κ3) is 5.11. The molecule has 5 rings (SSSR count). The van der Waals surface area contributed by atoms with Crippen LogP contribution in [0.5, 0.6) is 23.0 Å². The molecule has 2 N–H and O–H groups in total. The van der Waals surface area contributed by atoms with Crippen molar-refractivity contribution in [3.8, 4) is 23.0 Å². The Morgan fingerprint density at radius 3 is 2.36 bits per heavy atom. The topological polar surface area (TPSA) is 95.9 Å². The highest BCUT2D eigenvalue weighted by Crippen LogP contribution is 2.42. The van der Waals surface area contributed by atoms with Crippen LogP contribution >= 0.6 is 0 Å². The highest BCUT2D eigenvalue weighted by Gasteiger charge is 2.30. The minimum absolute atomic E-state index is 0.291. The van der Waals surface area contributed by atoms with Crippen molar-refractivity contribution in [2.75, 3.05) is 38.6 Å². The van der Waals surface area contributed by atoms with Crippen LogP contribution in [0.3, 0.4) is 0 Å². The minimum Gasteiger partial charge on any atom is -0.497 e. The van der Waals surface area contributed by atoms with Gasteiger partial charge in [-0.15, -0.1) is 0 Å². The molecule has 0 spiro atoms. The molecule has 0 fully saturated rings. The number of benzene rings is 3. The second-order valence-electron chi connectivity index (χ2n) is 8.72. The monoisotopic (exact) mass is 526 g/mol. The summed E-state index contributed by atoms with van der Waals surface area (Å²) in [7, 11) is 4.84. The maximum absolute atomic E-state index is 13.4. The van der Waals surface area contributed by atoms with Crippen LogP contribution in [0.25, 0.3) is 5.70 Å². The van der Waals surface area contributed by atoms with Gasteiger partial charge >= 0.3 is 0 Å². The summed E-state index contributed by atoms with van der Waals surface area (Å²) in [5.41, 5.74) is 3.63. The molecule has 39 heavy (non-hydrogen) atoms. The number of nitrogens with zero attached hydrogens (tertiary/aromatic N) is 2. The lowest BCUT2D eigenvalue weighted by molar-refractivity contribution is 0.102. The summed E-state index contributed by atoms with van der Waals surface area (Å²) in [5.74, 6) is 2.96. The maximum Gasteiger partial charge on any atom is 0.261 e. The molecule has 1 atom stereocenters. The highest BCUT2D eigenvalue weighted by atomic mass is 16.5. The number of carbonyl (C=O) groups is 1. The van der Waals surface area contributed by atoms with E-state index in [1.165, 1.54) is 0 Å². The van der Waals surface area contributed by atoms with Crippen molar-refractivity contribution in [2.24, 2.45) is 0 Å². The number of methoxy groups -OCH3 is 3. The van der Waals surface area contributed by atoms with E-state index in [1.54, 1.807) is 44.3 Å². The number of carbonyl (C=O) groups excluding carboxylic acids is 1. The van der Waals surface area contributed by atoms with E-state index in [1.807, 2.05) is 67.6 Å². The van der Waals surface area contributed by atoms with Gasteiger partial charge in [-0.1, -0.05) is 12.1 Å². The molecule has 0 unspecified atom stereocenters. The number of fused-ring (bicyclic) bond motifs is 1. The molecular formula is C30H30N4O5. The SMILES string of the molecule is CCOc1ccc(NC(=O)c2cnn3c2NC(c2ccc(OC)cc2)=C[C@H]3c2cccc(OC)c2OC)cc1. The predicted molar refractivity (Wildman–Crippen MR) is 150 cm³/mol. The Hall–Kier alpha value is -4.92. The summed E-state index contributed by atoms with van der Waals surface area (Å²) in [5, 5.41) is 11.0. The van der Waals surface area contributed by atoms with E-state index in [2.05, 4.69) is 15.7 Å². The molecule has 4 aromatic rings. The number of para-hydroxylation sites is 1. The van der Waals surface area contributed by atoms with Crippen molar-refractivity contribution in [3.05, 3.63) is 95.7 Å². The molecule has 200 valence electrons. The first-order valence-electron chi connectivity index (χ1n) is 12.5. The largest absolute Gasteiger partial charge is 0.497 e. The van der Waals surface area contributed by atoms with Crippen molar-refractivity contribution in [1.82, 2.24) is 9.78 Å². The van der Waals surface area contributed by atoms with Gasteiger partial charge in [0.15, 0.2) is 11.5 Å². The Morgan fingerprint density at radius 1 is 0.949 bits per heavy atom. The number of hydrogen-bond acceptors (Lipinski definition) is 7. The summed E-state index contributed by atoms with van der Waals surface area (Å²) in [6.45, 7) is 2.50. The van der Waals surface area contributed by atoms with E-state index in [9.17, 15) is 4.79 Å². The van der Waals surface area contributed by atoms with Crippen molar-refractivity contribution >= 4 is 23.1 Å². The number of ether oxygens (including phenoxy) is 4. The molecule has 1 amide bonds. The number of hydrogen-bond donors (Lipinski definition) is 2. The Balaban J connectivity index is 1.55. The lowest BCUT2D eigenvalue weighted by Gasteiger charge is -2.27. The molecule has 9 nitrogen and oxygen atoms in total. The summed E-state index contributed by atoms with van der Waals surface area (Å²) in [6, 6.07) is 20.3. The van der Waals surface area contributed by atoms with Gasteiger partial charge in [-0.3, -0.25) is 4.79 Å². The fourth-order valence-corrected chi connectivity index (χ4v) is 4.57. The quantitative estimate of drug-likeness (QED) is 0.292. The number of rotatable bonds is 9. The van der Waals surface area contributed by atoms with Gasteiger partial charge < -0.3 is 29.6 Å². The Morgan fingerprint density at radius 2 is 1.69 bits per heavy atom. The third-order valence-electron chi connectivity index (χ3n) is 6.46. The van der Waals surface area contributed by atoms with Crippen LogP contribution in [-0.2, 0) is 0 Å². The minimum atomic E-state index is -0.379. The van der Waals surface area contributed by atoms with Crippen molar-refractivity contribution < 1.29 is 23.7 Å². The van der Waals surface area contributed by atoms with E-state index < -0.39 is 0 Å². The average molecular weight is 527 g/mol. The first-order valence-corrected chi connectivity index (χ1v) is 12.5. The number of nitrogens with one attached hydrogen (secondary N) is 2. The Labute approximate surface area is 227 Å². The van der Waals surface area contributed by atoms with Crippen LogP contribution in [0.2, 0.25) is 0 Å². The number of amides is 1. The first kappa shape index (κ1) is 25.7. The zero-order chi connectivity index (χ0) is 27.4. The number of allylic oxidation sites excluding steroid dienone is 1. The van der Waals surface area contributed by atoms with Crippen LogP contribution in [0, 0.1) is 0 Å². The highest BCUT2D eigenvalue weighted by molar-refractivity contribution is 6.08. The van der Waals surface area contributed by atoms with Gasteiger partial charge in [0.25, 0.3) is 5.91 Å². The molecule has 0 bridgehead atoms. The summed E-state index contributed by atoms with van der Waals surface area (Å²) in [4.78, 5) is 13.4.